The number of rotatable bonds is 4. The summed E-state index contributed by atoms with van der Waals surface area (Å²) in [6.45, 7) is 9.22. The monoisotopic (exact) mass is 690 g/mol. The average Bonchev–Trinajstić information content (AvgIpc) is 3.23. The summed E-state index contributed by atoms with van der Waals surface area (Å²) >= 11 is 0. The fourth-order valence-corrected chi connectivity index (χ4v) is 9.00. The van der Waals surface area contributed by atoms with Crippen LogP contribution in [0.4, 0.5) is 0 Å². The standard InChI is InChI=1S/C52H38N2/c1-31-33(3)50(45-19-10-6-15-40(45)38-24-26-47-48(30-38)43-17-8-7-16-42(43)46-20-12-28-54-52(46)47)34(4)32(2)49(31)44-18-9-5-14-39(44)36-23-25-41-37(29-36)22-21-35-13-11-27-53-51(35)41/h5-30H,1-4H3. The second-order valence-electron chi connectivity index (χ2n) is 14.6. The summed E-state index contributed by atoms with van der Waals surface area (Å²) in [6, 6.07) is 53.0. The number of pyridine rings is 2. The summed E-state index contributed by atoms with van der Waals surface area (Å²) in [7, 11) is 0. The van der Waals surface area contributed by atoms with E-state index >= 15 is 0 Å². The van der Waals surface area contributed by atoms with Crippen LogP contribution < -0.4 is 0 Å². The van der Waals surface area contributed by atoms with E-state index in [0.717, 1.165) is 16.4 Å². The van der Waals surface area contributed by atoms with E-state index in [1.165, 1.54) is 104 Å². The zero-order valence-corrected chi connectivity index (χ0v) is 30.9. The molecule has 0 unspecified atom stereocenters. The molecule has 0 N–H and O–H groups in total. The van der Waals surface area contributed by atoms with Gasteiger partial charge in [-0.15, -0.1) is 0 Å². The molecule has 2 aromatic heterocycles. The largest absolute Gasteiger partial charge is 0.256 e. The predicted molar refractivity (Wildman–Crippen MR) is 230 cm³/mol. The third-order valence-electron chi connectivity index (χ3n) is 11.8. The van der Waals surface area contributed by atoms with Crippen molar-refractivity contribution < 1.29 is 0 Å². The summed E-state index contributed by atoms with van der Waals surface area (Å²) < 4.78 is 0. The van der Waals surface area contributed by atoms with Crippen LogP contribution in [0.3, 0.4) is 0 Å². The molecule has 0 fully saturated rings. The summed E-state index contributed by atoms with van der Waals surface area (Å²) in [4.78, 5) is 9.56. The molecule has 2 heterocycles. The number of fused-ring (bicyclic) bond motifs is 9. The molecular formula is C52H38N2. The van der Waals surface area contributed by atoms with Crippen LogP contribution in [0.5, 0.6) is 0 Å². The van der Waals surface area contributed by atoms with Crippen molar-refractivity contribution in [3.05, 3.63) is 180 Å². The van der Waals surface area contributed by atoms with Crippen LogP contribution in [0, 0.1) is 27.7 Å². The van der Waals surface area contributed by atoms with E-state index in [1.54, 1.807) is 0 Å². The van der Waals surface area contributed by atoms with E-state index in [1.807, 2.05) is 24.5 Å². The Morgan fingerprint density at radius 3 is 1.43 bits per heavy atom. The first kappa shape index (κ1) is 32.0. The van der Waals surface area contributed by atoms with Crippen LogP contribution in [0.15, 0.2) is 158 Å². The highest BCUT2D eigenvalue weighted by Crippen LogP contribution is 2.46. The van der Waals surface area contributed by atoms with E-state index in [2.05, 4.69) is 161 Å². The van der Waals surface area contributed by atoms with Gasteiger partial charge >= 0.3 is 0 Å². The minimum absolute atomic E-state index is 1.05. The Morgan fingerprint density at radius 2 is 0.778 bits per heavy atom. The number of hydrogen-bond donors (Lipinski definition) is 0. The third-order valence-corrected chi connectivity index (χ3v) is 11.8. The summed E-state index contributed by atoms with van der Waals surface area (Å²) in [6.07, 6.45) is 3.78. The second kappa shape index (κ2) is 12.5. The maximum Gasteiger partial charge on any atom is 0.0786 e. The molecule has 0 spiro atoms. The molecule has 54 heavy (non-hydrogen) atoms. The quantitative estimate of drug-likeness (QED) is 0.172. The molecule has 0 bridgehead atoms. The lowest BCUT2D eigenvalue weighted by Gasteiger charge is -2.24. The Morgan fingerprint density at radius 1 is 0.315 bits per heavy atom. The Labute approximate surface area is 315 Å². The number of hydrogen-bond acceptors (Lipinski definition) is 2. The molecule has 0 aliphatic carbocycles. The van der Waals surface area contributed by atoms with Crippen LogP contribution in [0.2, 0.25) is 0 Å². The van der Waals surface area contributed by atoms with Gasteiger partial charge in [0.1, 0.15) is 0 Å². The molecule has 0 amide bonds. The molecule has 0 aliphatic rings. The van der Waals surface area contributed by atoms with Gasteiger partial charge < -0.3 is 0 Å². The van der Waals surface area contributed by atoms with Crippen molar-refractivity contribution in [3.63, 3.8) is 0 Å². The molecule has 8 aromatic carbocycles. The van der Waals surface area contributed by atoms with E-state index in [-0.39, 0.29) is 0 Å². The third kappa shape index (κ3) is 4.87. The molecule has 0 saturated heterocycles. The van der Waals surface area contributed by atoms with Gasteiger partial charge in [-0.3, -0.25) is 9.97 Å². The molecule has 0 saturated carbocycles. The Kier molecular flexibility index (Phi) is 7.42. The van der Waals surface area contributed by atoms with Crippen molar-refractivity contribution in [3.8, 4) is 44.5 Å². The molecule has 0 radical (unpaired) electrons. The molecule has 10 rings (SSSR count). The number of nitrogens with zero attached hydrogens (tertiary/aromatic N) is 2. The van der Waals surface area contributed by atoms with E-state index in [9.17, 15) is 0 Å². The summed E-state index contributed by atoms with van der Waals surface area (Å²) in [5.41, 5.74) is 17.4. The van der Waals surface area contributed by atoms with Gasteiger partial charge in [-0.05, 0) is 140 Å². The summed E-state index contributed by atoms with van der Waals surface area (Å²) in [5, 5.41) is 9.65. The van der Waals surface area contributed by atoms with Crippen molar-refractivity contribution in [1.82, 2.24) is 9.97 Å². The smallest absolute Gasteiger partial charge is 0.0786 e. The van der Waals surface area contributed by atoms with Gasteiger partial charge in [0.15, 0.2) is 0 Å². The second-order valence-corrected chi connectivity index (χ2v) is 14.6. The van der Waals surface area contributed by atoms with Crippen molar-refractivity contribution in [2.75, 3.05) is 0 Å². The van der Waals surface area contributed by atoms with Crippen LogP contribution in [0.1, 0.15) is 22.3 Å². The minimum Gasteiger partial charge on any atom is -0.256 e. The SMILES string of the molecule is Cc1c(C)c(-c2ccccc2-c2ccc3c(c2)c2ccccc2c2cccnc23)c(C)c(C)c1-c1ccccc1-c1ccc2c(ccc3cccnc32)c1. The highest BCUT2D eigenvalue weighted by Gasteiger charge is 2.22. The zero-order chi connectivity index (χ0) is 36.5. The van der Waals surface area contributed by atoms with Crippen LogP contribution in [0.25, 0.3) is 98.6 Å². The maximum atomic E-state index is 4.85. The lowest BCUT2D eigenvalue weighted by molar-refractivity contribution is 1.25. The zero-order valence-electron chi connectivity index (χ0n) is 30.9. The van der Waals surface area contributed by atoms with Crippen molar-refractivity contribution in [2.45, 2.75) is 27.7 Å². The summed E-state index contributed by atoms with van der Waals surface area (Å²) in [5.74, 6) is 0. The number of aromatic nitrogens is 2. The van der Waals surface area contributed by atoms with Gasteiger partial charge in [0, 0.05) is 33.9 Å². The first-order valence-corrected chi connectivity index (χ1v) is 18.7. The lowest BCUT2D eigenvalue weighted by Crippen LogP contribution is -2.02. The predicted octanol–water partition coefficient (Wildman–Crippen LogP) is 14.1. The van der Waals surface area contributed by atoms with Gasteiger partial charge in [-0.25, -0.2) is 0 Å². The van der Waals surface area contributed by atoms with Crippen molar-refractivity contribution in [2.24, 2.45) is 0 Å². The highest BCUT2D eigenvalue weighted by atomic mass is 14.7. The fraction of sp³-hybridized carbons (Fsp3) is 0.0769. The molecule has 2 heteroatoms. The molecule has 10 aromatic rings. The van der Waals surface area contributed by atoms with Crippen LogP contribution >= 0.6 is 0 Å². The lowest BCUT2D eigenvalue weighted by atomic mass is 9.80. The number of benzene rings is 8. The minimum atomic E-state index is 1.05. The molecule has 0 aliphatic heterocycles. The average molecular weight is 691 g/mol. The van der Waals surface area contributed by atoms with E-state index < -0.39 is 0 Å². The van der Waals surface area contributed by atoms with Gasteiger partial charge in [-0.1, -0.05) is 121 Å². The molecule has 0 atom stereocenters. The molecule has 256 valence electrons. The first-order valence-electron chi connectivity index (χ1n) is 18.7. The first-order chi connectivity index (χ1) is 26.5. The van der Waals surface area contributed by atoms with Crippen molar-refractivity contribution >= 4 is 54.1 Å². The van der Waals surface area contributed by atoms with Crippen LogP contribution in [-0.4, -0.2) is 9.97 Å². The van der Waals surface area contributed by atoms with E-state index in [4.69, 9.17) is 9.97 Å². The van der Waals surface area contributed by atoms with Gasteiger partial charge in [-0.2, -0.15) is 0 Å². The van der Waals surface area contributed by atoms with Crippen molar-refractivity contribution in [1.29, 1.82) is 0 Å². The Bertz CT molecular complexity index is 3090. The fourth-order valence-electron chi connectivity index (χ4n) is 9.00. The van der Waals surface area contributed by atoms with Gasteiger partial charge in [0.25, 0.3) is 0 Å². The normalized spacial score (nSPS) is 11.7. The molecular weight excluding hydrogens is 653 g/mol. The van der Waals surface area contributed by atoms with Crippen LogP contribution in [-0.2, 0) is 0 Å². The highest BCUT2D eigenvalue weighted by molar-refractivity contribution is 6.24. The van der Waals surface area contributed by atoms with Gasteiger partial charge in [0.2, 0.25) is 0 Å². The topological polar surface area (TPSA) is 25.8 Å². The Balaban J connectivity index is 1.13. The van der Waals surface area contributed by atoms with Gasteiger partial charge in [0.05, 0.1) is 11.0 Å². The molecule has 2 nitrogen and oxygen atoms in total. The Hall–Kier alpha value is -6.64. The maximum absolute atomic E-state index is 4.85. The van der Waals surface area contributed by atoms with E-state index in [0.29, 0.717) is 0 Å².